The molecule has 0 aromatic heterocycles. The molecule has 13 heavy (non-hydrogen) atoms. The van der Waals surface area contributed by atoms with Gasteiger partial charge in [-0.3, -0.25) is 0 Å². The molecule has 6 heteroatoms. The first kappa shape index (κ1) is 13.5. The van der Waals surface area contributed by atoms with Crippen molar-refractivity contribution in [3.05, 3.63) is 0 Å². The van der Waals surface area contributed by atoms with E-state index >= 15 is 0 Å². The van der Waals surface area contributed by atoms with Gasteiger partial charge >= 0.3 is 0 Å². The summed E-state index contributed by atoms with van der Waals surface area (Å²) in [6, 6.07) is 0. The van der Waals surface area contributed by atoms with Crippen LogP contribution in [0.25, 0.3) is 0 Å². The summed E-state index contributed by atoms with van der Waals surface area (Å²) in [5.74, 6) is 0.511. The molecular formula is C7H16ClNO2S2. The first-order valence-electron chi connectivity index (χ1n) is 4.08. The molecule has 0 amide bonds. The highest BCUT2D eigenvalue weighted by Gasteiger charge is 2.10. The SMILES string of the molecule is CSC(C)CNS(=O)(=O)CCCCl. The topological polar surface area (TPSA) is 46.2 Å². The van der Waals surface area contributed by atoms with Crippen LogP contribution in [0, 0.1) is 0 Å². The number of nitrogens with one attached hydrogen (secondary N) is 1. The molecule has 0 fully saturated rings. The maximum Gasteiger partial charge on any atom is 0.211 e. The van der Waals surface area contributed by atoms with Gasteiger partial charge in [0.05, 0.1) is 5.75 Å². The molecule has 3 nitrogen and oxygen atoms in total. The van der Waals surface area contributed by atoms with E-state index < -0.39 is 10.0 Å². The van der Waals surface area contributed by atoms with Crippen LogP contribution in [0.3, 0.4) is 0 Å². The van der Waals surface area contributed by atoms with Gasteiger partial charge in [0.1, 0.15) is 0 Å². The number of thioether (sulfide) groups is 1. The van der Waals surface area contributed by atoms with Gasteiger partial charge in [0, 0.05) is 17.7 Å². The van der Waals surface area contributed by atoms with Crippen molar-refractivity contribution in [2.45, 2.75) is 18.6 Å². The van der Waals surface area contributed by atoms with Crippen molar-refractivity contribution in [3.63, 3.8) is 0 Å². The van der Waals surface area contributed by atoms with E-state index in [4.69, 9.17) is 11.6 Å². The molecule has 0 aromatic carbocycles. The Morgan fingerprint density at radius 2 is 2.15 bits per heavy atom. The van der Waals surface area contributed by atoms with E-state index in [1.54, 1.807) is 11.8 Å². The number of sulfonamides is 1. The van der Waals surface area contributed by atoms with Gasteiger partial charge in [-0.15, -0.1) is 11.6 Å². The van der Waals surface area contributed by atoms with Crippen molar-refractivity contribution < 1.29 is 8.42 Å². The Bertz CT molecular complexity index is 219. The monoisotopic (exact) mass is 245 g/mol. The molecular weight excluding hydrogens is 230 g/mol. The quantitative estimate of drug-likeness (QED) is 0.688. The lowest BCUT2D eigenvalue weighted by Crippen LogP contribution is -2.31. The Labute approximate surface area is 89.7 Å². The summed E-state index contributed by atoms with van der Waals surface area (Å²) in [7, 11) is -3.10. The van der Waals surface area contributed by atoms with Gasteiger partial charge in [-0.25, -0.2) is 13.1 Å². The fourth-order valence-corrected chi connectivity index (χ4v) is 2.46. The lowest BCUT2D eigenvalue weighted by Gasteiger charge is -2.09. The lowest BCUT2D eigenvalue weighted by molar-refractivity contribution is 0.580. The third kappa shape index (κ3) is 7.61. The van der Waals surface area contributed by atoms with Crippen LogP contribution in [-0.2, 0) is 10.0 Å². The zero-order valence-electron chi connectivity index (χ0n) is 7.92. The molecule has 0 radical (unpaired) electrons. The van der Waals surface area contributed by atoms with Crippen LogP contribution >= 0.6 is 23.4 Å². The smallest absolute Gasteiger partial charge is 0.211 e. The van der Waals surface area contributed by atoms with Gasteiger partial charge < -0.3 is 0 Å². The Morgan fingerprint density at radius 1 is 1.54 bits per heavy atom. The van der Waals surface area contributed by atoms with Crippen LogP contribution in [0.4, 0.5) is 0 Å². The molecule has 0 heterocycles. The van der Waals surface area contributed by atoms with Crippen LogP contribution in [0.2, 0.25) is 0 Å². The van der Waals surface area contributed by atoms with Crippen molar-refractivity contribution >= 4 is 33.4 Å². The maximum absolute atomic E-state index is 11.2. The van der Waals surface area contributed by atoms with E-state index in [-0.39, 0.29) is 5.75 Å². The van der Waals surface area contributed by atoms with Crippen LogP contribution in [-0.4, -0.2) is 38.1 Å². The van der Waals surface area contributed by atoms with E-state index in [1.165, 1.54) is 0 Å². The number of halogens is 1. The van der Waals surface area contributed by atoms with E-state index in [0.717, 1.165) is 0 Å². The fraction of sp³-hybridized carbons (Fsp3) is 1.00. The average molecular weight is 246 g/mol. The highest BCUT2D eigenvalue weighted by atomic mass is 35.5. The van der Waals surface area contributed by atoms with Gasteiger partial charge in [0.15, 0.2) is 0 Å². The zero-order valence-corrected chi connectivity index (χ0v) is 10.3. The van der Waals surface area contributed by atoms with Crippen LogP contribution < -0.4 is 4.72 Å². The van der Waals surface area contributed by atoms with Gasteiger partial charge in [0.2, 0.25) is 10.0 Å². The standard InChI is InChI=1S/C7H16ClNO2S2/c1-7(12-2)6-9-13(10,11)5-3-4-8/h7,9H,3-6H2,1-2H3. The van der Waals surface area contributed by atoms with Crippen LogP contribution in [0.5, 0.6) is 0 Å². The molecule has 1 N–H and O–H groups in total. The van der Waals surface area contributed by atoms with E-state index in [2.05, 4.69) is 4.72 Å². The van der Waals surface area contributed by atoms with E-state index in [9.17, 15) is 8.42 Å². The highest BCUT2D eigenvalue weighted by molar-refractivity contribution is 7.99. The highest BCUT2D eigenvalue weighted by Crippen LogP contribution is 2.03. The van der Waals surface area contributed by atoms with Gasteiger partial charge in [-0.2, -0.15) is 11.8 Å². The van der Waals surface area contributed by atoms with Crippen molar-refractivity contribution in [1.29, 1.82) is 0 Å². The van der Waals surface area contributed by atoms with Crippen molar-refractivity contribution in [1.82, 2.24) is 4.72 Å². The fourth-order valence-electron chi connectivity index (χ4n) is 0.644. The second-order valence-corrected chi connectivity index (χ2v) is 6.34. The summed E-state index contributed by atoms with van der Waals surface area (Å²) < 4.78 is 25.0. The van der Waals surface area contributed by atoms with Crippen molar-refractivity contribution in [2.24, 2.45) is 0 Å². The largest absolute Gasteiger partial charge is 0.214 e. The molecule has 0 aliphatic carbocycles. The summed E-state index contributed by atoms with van der Waals surface area (Å²) in [6.07, 6.45) is 2.46. The first-order chi connectivity index (χ1) is 6.02. The minimum absolute atomic E-state index is 0.123. The van der Waals surface area contributed by atoms with Gasteiger partial charge in [0.25, 0.3) is 0 Å². The lowest BCUT2D eigenvalue weighted by atomic mass is 10.5. The molecule has 0 aliphatic heterocycles. The first-order valence-corrected chi connectivity index (χ1v) is 7.55. The summed E-state index contributed by atoms with van der Waals surface area (Å²) in [5.41, 5.74) is 0. The average Bonchev–Trinajstić information content (AvgIpc) is 2.11. The van der Waals surface area contributed by atoms with E-state index in [1.807, 2.05) is 13.2 Å². The third-order valence-electron chi connectivity index (χ3n) is 1.54. The molecule has 0 rings (SSSR count). The molecule has 0 saturated heterocycles. The minimum Gasteiger partial charge on any atom is -0.214 e. The normalized spacial score (nSPS) is 14.4. The number of alkyl halides is 1. The molecule has 0 spiro atoms. The molecule has 1 atom stereocenters. The van der Waals surface area contributed by atoms with Gasteiger partial charge in [-0.1, -0.05) is 6.92 Å². The Balaban J connectivity index is 3.76. The predicted molar refractivity (Wildman–Crippen MR) is 60.1 cm³/mol. The minimum atomic E-state index is -3.10. The molecule has 0 aliphatic rings. The van der Waals surface area contributed by atoms with Crippen molar-refractivity contribution in [3.8, 4) is 0 Å². The summed E-state index contributed by atoms with van der Waals surface area (Å²) >= 11 is 7.04. The van der Waals surface area contributed by atoms with Crippen molar-refractivity contribution in [2.75, 3.05) is 24.4 Å². The van der Waals surface area contributed by atoms with E-state index in [0.29, 0.717) is 24.1 Å². The summed E-state index contributed by atoms with van der Waals surface area (Å²) in [6.45, 7) is 2.47. The molecule has 80 valence electrons. The van der Waals surface area contributed by atoms with Crippen LogP contribution in [0.1, 0.15) is 13.3 Å². The summed E-state index contributed by atoms with van der Waals surface area (Å²) in [4.78, 5) is 0. The number of rotatable bonds is 7. The number of hydrogen-bond acceptors (Lipinski definition) is 3. The predicted octanol–water partition coefficient (Wildman–Crippen LogP) is 1.29. The molecule has 0 bridgehead atoms. The third-order valence-corrected chi connectivity index (χ3v) is 4.21. The Kier molecular flexibility index (Phi) is 7.22. The Morgan fingerprint density at radius 3 is 2.62 bits per heavy atom. The molecule has 1 unspecified atom stereocenters. The van der Waals surface area contributed by atoms with Crippen LogP contribution in [0.15, 0.2) is 0 Å². The molecule has 0 saturated carbocycles. The number of hydrogen-bond donors (Lipinski definition) is 1. The second kappa shape index (κ2) is 6.92. The molecule has 0 aromatic rings. The Hall–Kier alpha value is 0.550. The second-order valence-electron chi connectivity index (χ2n) is 2.76. The summed E-state index contributed by atoms with van der Waals surface area (Å²) in [5, 5.41) is 0.311. The maximum atomic E-state index is 11.2. The zero-order chi connectivity index (χ0) is 10.3. The van der Waals surface area contributed by atoms with Gasteiger partial charge in [-0.05, 0) is 12.7 Å².